The molecule has 0 fully saturated rings. The Labute approximate surface area is 167 Å². The molecule has 0 spiro atoms. The predicted octanol–water partition coefficient (Wildman–Crippen LogP) is 6.55. The molecule has 0 radical (unpaired) electrons. The number of hydrogen-bond donors (Lipinski definition) is 1. The van der Waals surface area contributed by atoms with Gasteiger partial charge in [0, 0.05) is 17.6 Å². The second-order valence-electron chi connectivity index (χ2n) is 6.70. The molecule has 0 aliphatic heterocycles. The van der Waals surface area contributed by atoms with Crippen LogP contribution in [-0.2, 0) is 13.2 Å². The zero-order valence-corrected chi connectivity index (χ0v) is 16.5. The van der Waals surface area contributed by atoms with Crippen molar-refractivity contribution in [3.05, 3.63) is 101 Å². The van der Waals surface area contributed by atoms with E-state index in [1.54, 1.807) is 0 Å². The standard InChI is InChI=1S/C24H26ClNO/c1-2-7-24(21-9-4-3-5-10-21)26-17-20-8-6-11-23(16-20)27-18-19-12-14-22(25)15-13-19/h3-6,8-16,24,26H,2,7,17-18H2,1H3. The fourth-order valence-corrected chi connectivity index (χ4v) is 3.22. The molecule has 3 rings (SSSR count). The van der Waals surface area contributed by atoms with Crippen LogP contribution in [0.4, 0.5) is 0 Å². The van der Waals surface area contributed by atoms with Gasteiger partial charge in [-0.25, -0.2) is 0 Å². The van der Waals surface area contributed by atoms with E-state index in [9.17, 15) is 0 Å². The molecule has 140 valence electrons. The van der Waals surface area contributed by atoms with Gasteiger partial charge in [-0.05, 0) is 47.4 Å². The van der Waals surface area contributed by atoms with Crippen LogP contribution in [0.1, 0.15) is 42.5 Å². The summed E-state index contributed by atoms with van der Waals surface area (Å²) in [6, 6.07) is 27.1. The minimum atomic E-state index is 0.370. The van der Waals surface area contributed by atoms with Crippen LogP contribution in [0.15, 0.2) is 78.9 Å². The lowest BCUT2D eigenvalue weighted by Crippen LogP contribution is -2.20. The first kappa shape index (κ1) is 19.5. The third-order valence-corrected chi connectivity index (χ3v) is 4.80. The van der Waals surface area contributed by atoms with Gasteiger partial charge in [0.15, 0.2) is 0 Å². The smallest absolute Gasteiger partial charge is 0.120 e. The van der Waals surface area contributed by atoms with E-state index in [1.807, 2.05) is 36.4 Å². The van der Waals surface area contributed by atoms with Crippen LogP contribution >= 0.6 is 11.6 Å². The van der Waals surface area contributed by atoms with Crippen LogP contribution in [0.2, 0.25) is 5.02 Å². The Bertz CT molecular complexity index is 817. The second kappa shape index (κ2) is 10.1. The summed E-state index contributed by atoms with van der Waals surface area (Å²) in [4.78, 5) is 0. The van der Waals surface area contributed by atoms with Gasteiger partial charge in [-0.2, -0.15) is 0 Å². The van der Waals surface area contributed by atoms with Crippen molar-refractivity contribution < 1.29 is 4.74 Å². The summed E-state index contributed by atoms with van der Waals surface area (Å²) < 4.78 is 5.94. The van der Waals surface area contributed by atoms with Gasteiger partial charge in [0.2, 0.25) is 0 Å². The molecule has 1 unspecified atom stereocenters. The van der Waals surface area contributed by atoms with Gasteiger partial charge in [0.05, 0.1) is 0 Å². The maximum atomic E-state index is 5.94. The number of hydrogen-bond acceptors (Lipinski definition) is 2. The fourth-order valence-electron chi connectivity index (χ4n) is 3.09. The monoisotopic (exact) mass is 379 g/mol. The van der Waals surface area contributed by atoms with Gasteiger partial charge in [-0.15, -0.1) is 0 Å². The van der Waals surface area contributed by atoms with E-state index in [0.29, 0.717) is 12.6 Å². The van der Waals surface area contributed by atoms with Gasteiger partial charge in [0.25, 0.3) is 0 Å². The fraction of sp³-hybridized carbons (Fsp3) is 0.250. The molecule has 27 heavy (non-hydrogen) atoms. The van der Waals surface area contributed by atoms with E-state index in [-0.39, 0.29) is 0 Å². The molecule has 2 nitrogen and oxygen atoms in total. The molecule has 0 saturated carbocycles. The Kier molecular flexibility index (Phi) is 7.32. The minimum Gasteiger partial charge on any atom is -0.489 e. The highest BCUT2D eigenvalue weighted by Gasteiger charge is 2.09. The van der Waals surface area contributed by atoms with E-state index in [4.69, 9.17) is 16.3 Å². The van der Waals surface area contributed by atoms with Crippen molar-refractivity contribution in [2.24, 2.45) is 0 Å². The molecule has 0 heterocycles. The Morgan fingerprint density at radius 2 is 1.67 bits per heavy atom. The Hall–Kier alpha value is -2.29. The average Bonchev–Trinajstić information content (AvgIpc) is 2.72. The number of ether oxygens (including phenoxy) is 1. The minimum absolute atomic E-state index is 0.370. The van der Waals surface area contributed by atoms with Crippen LogP contribution in [0.5, 0.6) is 5.75 Å². The number of halogens is 1. The molecule has 0 amide bonds. The van der Waals surface area contributed by atoms with Crippen molar-refractivity contribution in [3.63, 3.8) is 0 Å². The van der Waals surface area contributed by atoms with Gasteiger partial charge in [0.1, 0.15) is 12.4 Å². The summed E-state index contributed by atoms with van der Waals surface area (Å²) in [7, 11) is 0. The van der Waals surface area contributed by atoms with Gasteiger partial charge in [-0.3, -0.25) is 0 Å². The highest BCUT2D eigenvalue weighted by molar-refractivity contribution is 6.30. The van der Waals surface area contributed by atoms with Gasteiger partial charge in [-0.1, -0.05) is 79.5 Å². The van der Waals surface area contributed by atoms with E-state index >= 15 is 0 Å². The molecule has 1 N–H and O–H groups in total. The van der Waals surface area contributed by atoms with Crippen LogP contribution in [0.25, 0.3) is 0 Å². The second-order valence-corrected chi connectivity index (χ2v) is 7.13. The summed E-state index contributed by atoms with van der Waals surface area (Å²) >= 11 is 5.93. The lowest BCUT2D eigenvalue weighted by Gasteiger charge is -2.19. The molecule has 3 aromatic rings. The zero-order valence-electron chi connectivity index (χ0n) is 15.7. The van der Waals surface area contributed by atoms with Crippen molar-refractivity contribution in [2.75, 3.05) is 0 Å². The Morgan fingerprint density at radius 3 is 2.41 bits per heavy atom. The molecule has 0 bridgehead atoms. The van der Waals surface area contributed by atoms with Crippen molar-refractivity contribution >= 4 is 11.6 Å². The highest BCUT2D eigenvalue weighted by atomic mass is 35.5. The summed E-state index contributed by atoms with van der Waals surface area (Å²) in [6.45, 7) is 3.58. The summed E-state index contributed by atoms with van der Waals surface area (Å²) in [5.41, 5.74) is 3.67. The van der Waals surface area contributed by atoms with Crippen LogP contribution in [0.3, 0.4) is 0 Å². The molecule has 0 aliphatic carbocycles. The van der Waals surface area contributed by atoms with Crippen molar-refractivity contribution in [2.45, 2.75) is 39.0 Å². The molecular formula is C24H26ClNO. The molecular weight excluding hydrogens is 354 g/mol. The Balaban J connectivity index is 1.58. The third-order valence-electron chi connectivity index (χ3n) is 4.55. The quantitative estimate of drug-likeness (QED) is 0.455. The van der Waals surface area contributed by atoms with Crippen LogP contribution < -0.4 is 10.1 Å². The van der Waals surface area contributed by atoms with Crippen LogP contribution in [0, 0.1) is 0 Å². The number of nitrogens with one attached hydrogen (secondary N) is 1. The first-order valence-electron chi connectivity index (χ1n) is 9.49. The van der Waals surface area contributed by atoms with Gasteiger partial charge < -0.3 is 10.1 Å². The summed E-state index contributed by atoms with van der Waals surface area (Å²) in [6.07, 6.45) is 2.27. The molecule has 0 aliphatic rings. The van der Waals surface area contributed by atoms with E-state index in [1.165, 1.54) is 11.1 Å². The molecule has 1 atom stereocenters. The van der Waals surface area contributed by atoms with Gasteiger partial charge >= 0.3 is 0 Å². The molecule has 0 aromatic heterocycles. The average molecular weight is 380 g/mol. The van der Waals surface area contributed by atoms with E-state index < -0.39 is 0 Å². The van der Waals surface area contributed by atoms with Crippen LogP contribution in [-0.4, -0.2) is 0 Å². The molecule has 3 aromatic carbocycles. The lowest BCUT2D eigenvalue weighted by molar-refractivity contribution is 0.306. The summed E-state index contributed by atoms with van der Waals surface area (Å²) in [5.74, 6) is 0.885. The Morgan fingerprint density at radius 1 is 0.889 bits per heavy atom. The van der Waals surface area contributed by atoms with E-state index in [2.05, 4.69) is 54.7 Å². The number of rotatable bonds is 9. The summed E-state index contributed by atoms with van der Waals surface area (Å²) in [5, 5.41) is 4.43. The first-order chi connectivity index (χ1) is 13.2. The topological polar surface area (TPSA) is 21.3 Å². The maximum Gasteiger partial charge on any atom is 0.120 e. The largest absolute Gasteiger partial charge is 0.489 e. The maximum absolute atomic E-state index is 5.94. The zero-order chi connectivity index (χ0) is 18.9. The molecule has 3 heteroatoms. The normalized spacial score (nSPS) is 11.9. The van der Waals surface area contributed by atoms with E-state index in [0.717, 1.165) is 35.7 Å². The van der Waals surface area contributed by atoms with Crippen molar-refractivity contribution in [3.8, 4) is 5.75 Å². The number of benzene rings is 3. The SMILES string of the molecule is CCCC(NCc1cccc(OCc2ccc(Cl)cc2)c1)c1ccccc1. The third kappa shape index (κ3) is 6.13. The predicted molar refractivity (Wildman–Crippen MR) is 113 cm³/mol. The van der Waals surface area contributed by atoms with Crippen molar-refractivity contribution in [1.82, 2.24) is 5.32 Å². The molecule has 0 saturated heterocycles. The highest BCUT2D eigenvalue weighted by Crippen LogP contribution is 2.20. The lowest BCUT2D eigenvalue weighted by atomic mass is 10.0. The first-order valence-corrected chi connectivity index (χ1v) is 9.87. The van der Waals surface area contributed by atoms with Crippen molar-refractivity contribution in [1.29, 1.82) is 0 Å².